The van der Waals surface area contributed by atoms with E-state index in [1.165, 1.54) is 12.8 Å². The Balaban J connectivity index is -0.0000000177. The summed E-state index contributed by atoms with van der Waals surface area (Å²) in [6, 6.07) is 0. The molecule has 4 nitrogen and oxygen atoms in total. The molecule has 2 N–H and O–H groups in total. The van der Waals surface area contributed by atoms with Crippen LogP contribution in [0.1, 0.15) is 80.1 Å². The van der Waals surface area contributed by atoms with Crippen molar-refractivity contribution in [1.82, 2.24) is 0 Å². The van der Waals surface area contributed by atoms with Gasteiger partial charge in [-0.2, -0.15) is 26.7 Å². The number of nitrogens with one attached hydrogen (secondary N) is 2. The molecule has 0 aliphatic rings. The molecule has 28 heavy (non-hydrogen) atoms. The molecule has 0 atom stereocenters. The van der Waals surface area contributed by atoms with Crippen LogP contribution in [0.2, 0.25) is 0 Å². The number of rotatable bonds is 6. The molecule has 0 aromatic carbocycles. The maximum absolute atomic E-state index is 9.71. The number of hydrogen-bond donors (Lipinski definition) is 0. The molecule has 0 fully saturated rings. The molecule has 0 saturated carbocycles. The summed E-state index contributed by atoms with van der Waals surface area (Å²) in [5.74, 6) is -0.921. The molecule has 0 aliphatic carbocycles. The third-order valence-corrected chi connectivity index (χ3v) is 1.77. The van der Waals surface area contributed by atoms with Gasteiger partial charge in [-0.25, -0.2) is 0 Å². The Kier molecular flexibility index (Phi) is 175. The van der Waals surface area contributed by atoms with Crippen LogP contribution in [-0.4, -0.2) is 11.8 Å². The molecule has 160 valence electrons. The minimum absolute atomic E-state index is 0. The van der Waals surface area contributed by atoms with Gasteiger partial charge in [0.15, 0.2) is 0 Å². The molecule has 0 heterocycles. The van der Waals surface area contributed by atoms with Crippen LogP contribution < -0.4 is 0 Å². The van der Waals surface area contributed by atoms with Crippen LogP contribution >= 0.6 is 18.6 Å². The number of unbranched alkanes of at least 4 members (excludes halogenated alkanes) is 2. The fourth-order valence-corrected chi connectivity index (χ4v) is 0.454. The van der Waals surface area contributed by atoms with Crippen LogP contribution in [0.5, 0.6) is 0 Å². The van der Waals surface area contributed by atoms with Crippen LogP contribution in [0, 0.1) is 12.8 Å². The molecule has 0 aliphatic heterocycles. The topological polar surface area (TPSA) is 81.7 Å². The number of carbonyl (C=O) groups is 2. The van der Waals surface area contributed by atoms with E-state index in [0.717, 1.165) is 12.8 Å². The van der Waals surface area contributed by atoms with Crippen molar-refractivity contribution < 1.29 is 135 Å². The zero-order chi connectivity index (χ0) is 19.5. The zero-order valence-corrected chi connectivity index (χ0v) is 28.9. The average Bonchev–Trinajstić information content (AvgIpc) is 2.49. The van der Waals surface area contributed by atoms with Crippen molar-refractivity contribution >= 4 is 30.4 Å². The van der Waals surface area contributed by atoms with Gasteiger partial charge in [0.05, 0.1) is 0 Å². The molecule has 0 unspecified atom stereocenters. The van der Waals surface area contributed by atoms with Crippen LogP contribution in [0.4, 0.5) is 0 Å². The van der Waals surface area contributed by atoms with Crippen molar-refractivity contribution in [3.63, 3.8) is 0 Å². The monoisotopic (exact) mass is 644 g/mol. The standard InChI is InChI=1S/2C4H9NO.2C4H9.2ClH.6Ti/c2*1-2-3-4(5)6;2*1-3-4-2;;;;;;;;/h2*2-3H2,1H3,(H2,5,6);2*3H,4H2,1-2H3;2*1H;;;;;;/q;;2*-1;;;;;;;2*+2/p-4. The SMILES string of the molecule is CCCC([NH-])=O.CCCC([NH-])=O.C[CH-]CC.C[CH-]CC.[Cl][Ti][Cl].[Ti+2].[Ti].[Ti].[Ti].[Ti]. The largest absolute Gasteiger partial charge is 2.00 e. The van der Waals surface area contributed by atoms with Gasteiger partial charge >= 0.3 is 57.4 Å². The normalized spacial score (nSPS) is 6.14. The van der Waals surface area contributed by atoms with Crippen molar-refractivity contribution in [2.75, 3.05) is 0 Å². The van der Waals surface area contributed by atoms with Gasteiger partial charge in [0.25, 0.3) is 0 Å². The van der Waals surface area contributed by atoms with E-state index in [1.54, 1.807) is 0 Å². The van der Waals surface area contributed by atoms with Gasteiger partial charge in [-0.15, -0.1) is 0 Å². The first-order valence-electron chi connectivity index (χ1n) is 7.79. The smallest absolute Gasteiger partial charge is 0 e. The Labute approximate surface area is 266 Å². The van der Waals surface area contributed by atoms with Crippen LogP contribution in [-0.2, 0) is 135 Å². The first-order valence-corrected chi connectivity index (χ1v) is 12.1. The summed E-state index contributed by atoms with van der Waals surface area (Å²) in [5.41, 5.74) is 12.7. The van der Waals surface area contributed by atoms with E-state index < -0.39 is 28.8 Å². The molecule has 0 spiro atoms. The second-order valence-corrected chi connectivity index (χ2v) is 6.63. The van der Waals surface area contributed by atoms with E-state index in [4.69, 9.17) is 30.1 Å². The Hall–Kier alpha value is 3.81. The second kappa shape index (κ2) is 77.4. The molecular formula is C16H34Cl2N2O2Ti6-2. The Morgan fingerprint density at radius 2 is 0.893 bits per heavy atom. The fourth-order valence-electron chi connectivity index (χ4n) is 0.454. The first kappa shape index (κ1) is 63.5. The second-order valence-electron chi connectivity index (χ2n) is 4.05. The molecule has 0 saturated heterocycles. The molecule has 0 aromatic heterocycles. The first-order chi connectivity index (χ1) is 10.8. The summed E-state index contributed by atoms with van der Waals surface area (Å²) < 4.78 is 0. The van der Waals surface area contributed by atoms with E-state index in [2.05, 4.69) is 40.5 Å². The molecule has 12 heteroatoms. The number of carbonyl (C=O) groups excluding carboxylic acids is 2. The van der Waals surface area contributed by atoms with Gasteiger partial charge in [-0.1, -0.05) is 40.5 Å². The van der Waals surface area contributed by atoms with Gasteiger partial charge in [0.1, 0.15) is 0 Å². The van der Waals surface area contributed by atoms with Gasteiger partial charge in [-0.3, -0.25) is 0 Å². The van der Waals surface area contributed by atoms with Gasteiger partial charge < -0.3 is 33.9 Å². The van der Waals surface area contributed by atoms with Crippen molar-refractivity contribution in [2.24, 2.45) is 0 Å². The summed E-state index contributed by atoms with van der Waals surface area (Å²) in [6.45, 7) is 12.1. The van der Waals surface area contributed by atoms with E-state index in [9.17, 15) is 9.59 Å². The quantitative estimate of drug-likeness (QED) is 0.224. The summed E-state index contributed by atoms with van der Waals surface area (Å²) in [5, 5.41) is 0. The summed E-state index contributed by atoms with van der Waals surface area (Å²) in [6.07, 6.45) is 9.03. The Morgan fingerprint density at radius 3 is 0.893 bits per heavy atom. The Bertz CT molecular complexity index is 202. The summed E-state index contributed by atoms with van der Waals surface area (Å²) in [7, 11) is 9.78. The minimum atomic E-state index is -0.556. The van der Waals surface area contributed by atoms with Gasteiger partial charge in [0, 0.05) is 98.7 Å². The summed E-state index contributed by atoms with van der Waals surface area (Å²) in [4.78, 5) is 19.4. The Morgan fingerprint density at radius 1 is 0.750 bits per heavy atom. The molecule has 2 amide bonds. The molecule has 0 radical (unpaired) electrons. The van der Waals surface area contributed by atoms with E-state index in [-0.39, 0.29) is 109 Å². The van der Waals surface area contributed by atoms with Gasteiger partial charge in [-0.05, 0) is 12.8 Å². The molecule has 0 bridgehead atoms. The van der Waals surface area contributed by atoms with Crippen LogP contribution in [0.15, 0.2) is 0 Å². The molecule has 0 rings (SSSR count). The molecule has 0 aromatic rings. The number of halogens is 2. The van der Waals surface area contributed by atoms with Crippen molar-refractivity contribution in [2.45, 2.75) is 80.1 Å². The predicted molar refractivity (Wildman–Crippen MR) is 101 cm³/mol. The van der Waals surface area contributed by atoms with Crippen molar-refractivity contribution in [3.8, 4) is 0 Å². The number of hydrogen-bond acceptors (Lipinski definition) is 2. The van der Waals surface area contributed by atoms with E-state index in [1.807, 2.05) is 13.8 Å². The summed E-state index contributed by atoms with van der Waals surface area (Å²) >= 11 is -0.556. The predicted octanol–water partition coefficient (Wildman–Crippen LogP) is 7.34. The van der Waals surface area contributed by atoms with E-state index in [0.29, 0.717) is 12.8 Å². The fraction of sp³-hybridized carbons (Fsp3) is 0.750. The van der Waals surface area contributed by atoms with Crippen LogP contribution in [0.3, 0.4) is 0 Å². The third-order valence-electron chi connectivity index (χ3n) is 1.77. The van der Waals surface area contributed by atoms with E-state index >= 15 is 0 Å². The minimum Gasteiger partial charge on any atom is 0 e. The van der Waals surface area contributed by atoms with Crippen molar-refractivity contribution in [3.05, 3.63) is 24.3 Å². The van der Waals surface area contributed by atoms with Crippen LogP contribution in [0.25, 0.3) is 11.5 Å². The average molecular weight is 645 g/mol. The zero-order valence-electron chi connectivity index (χ0n) is 18.0. The van der Waals surface area contributed by atoms with Gasteiger partial charge in [0.2, 0.25) is 0 Å². The van der Waals surface area contributed by atoms with Crippen molar-refractivity contribution in [1.29, 1.82) is 0 Å². The maximum atomic E-state index is 9.71. The number of amides is 2. The molecular weight excluding hydrogens is 610 g/mol. The third kappa shape index (κ3) is 177. The maximum Gasteiger partial charge on any atom is 2.00 e.